The monoisotopic (exact) mass is 243 g/mol. The average molecular weight is 243 g/mol. The summed E-state index contributed by atoms with van der Waals surface area (Å²) in [4.78, 5) is 6.92. The summed E-state index contributed by atoms with van der Waals surface area (Å²) in [7, 11) is 1.99. The number of aryl methyl sites for hydroxylation is 1. The van der Waals surface area contributed by atoms with Crippen LogP contribution in [0.3, 0.4) is 0 Å². The minimum absolute atomic E-state index is 0.649. The van der Waals surface area contributed by atoms with Crippen molar-refractivity contribution in [3.8, 4) is 6.07 Å². The second-order valence-corrected chi connectivity index (χ2v) is 4.97. The molecule has 4 heteroatoms. The predicted molar refractivity (Wildman–Crippen MR) is 70.1 cm³/mol. The van der Waals surface area contributed by atoms with Crippen molar-refractivity contribution in [2.45, 2.75) is 13.5 Å². The van der Waals surface area contributed by atoms with E-state index in [1.54, 1.807) is 6.20 Å². The molecule has 0 aliphatic carbocycles. The number of hydrogen-bond acceptors (Lipinski definition) is 4. The normalized spacial score (nSPS) is 9.94. The Morgan fingerprint density at radius 1 is 1.35 bits per heavy atom. The Balaban J connectivity index is 2.08. The Morgan fingerprint density at radius 3 is 2.65 bits per heavy atom. The molecule has 0 N–H and O–H groups in total. The first-order valence-corrected chi connectivity index (χ1v) is 6.13. The van der Waals surface area contributed by atoms with E-state index in [-0.39, 0.29) is 0 Å². The lowest BCUT2D eigenvalue weighted by Gasteiger charge is -2.15. The first kappa shape index (κ1) is 11.6. The molecule has 0 spiro atoms. The second kappa shape index (κ2) is 4.98. The molecule has 0 unspecified atom stereocenters. The first-order valence-electron chi connectivity index (χ1n) is 5.31. The molecular formula is C13H13N3S. The van der Waals surface area contributed by atoms with E-state index in [0.717, 1.165) is 11.7 Å². The molecule has 0 radical (unpaired) electrons. The van der Waals surface area contributed by atoms with E-state index in [9.17, 15) is 0 Å². The molecule has 0 bridgehead atoms. The number of thiazole rings is 1. The number of benzene rings is 1. The Kier molecular flexibility index (Phi) is 3.40. The van der Waals surface area contributed by atoms with Gasteiger partial charge >= 0.3 is 0 Å². The van der Waals surface area contributed by atoms with Gasteiger partial charge in [-0.05, 0) is 12.5 Å². The summed E-state index contributed by atoms with van der Waals surface area (Å²) in [5.74, 6) is 0. The van der Waals surface area contributed by atoms with Crippen molar-refractivity contribution < 1.29 is 0 Å². The van der Waals surface area contributed by atoms with Crippen molar-refractivity contribution in [1.82, 2.24) is 4.98 Å². The highest BCUT2D eigenvalue weighted by Crippen LogP contribution is 2.22. The molecule has 0 atom stereocenters. The van der Waals surface area contributed by atoms with Crippen LogP contribution in [-0.4, -0.2) is 12.0 Å². The summed E-state index contributed by atoms with van der Waals surface area (Å²) in [6, 6.07) is 10.5. The van der Waals surface area contributed by atoms with Crippen LogP contribution in [-0.2, 0) is 6.54 Å². The third-order valence-corrected chi connectivity index (χ3v) is 3.49. The van der Waals surface area contributed by atoms with E-state index < -0.39 is 0 Å². The zero-order valence-electron chi connectivity index (χ0n) is 9.84. The van der Waals surface area contributed by atoms with Gasteiger partial charge in [-0.3, -0.25) is 0 Å². The van der Waals surface area contributed by atoms with Gasteiger partial charge < -0.3 is 4.90 Å². The summed E-state index contributed by atoms with van der Waals surface area (Å²) >= 11 is 1.42. The quantitative estimate of drug-likeness (QED) is 0.832. The maximum Gasteiger partial charge on any atom is 0.186 e. The van der Waals surface area contributed by atoms with E-state index >= 15 is 0 Å². The number of rotatable bonds is 3. The zero-order chi connectivity index (χ0) is 12.3. The smallest absolute Gasteiger partial charge is 0.186 e. The number of nitriles is 1. The van der Waals surface area contributed by atoms with Gasteiger partial charge in [0.2, 0.25) is 0 Å². The molecule has 17 heavy (non-hydrogen) atoms. The fraction of sp³-hybridized carbons (Fsp3) is 0.231. The molecule has 3 nitrogen and oxygen atoms in total. The van der Waals surface area contributed by atoms with Gasteiger partial charge in [0.05, 0.1) is 6.20 Å². The van der Waals surface area contributed by atoms with Gasteiger partial charge in [-0.2, -0.15) is 5.26 Å². The molecule has 1 aromatic heterocycles. The van der Waals surface area contributed by atoms with Gasteiger partial charge in [0.25, 0.3) is 0 Å². The van der Waals surface area contributed by atoms with Gasteiger partial charge in [0.15, 0.2) is 5.13 Å². The van der Waals surface area contributed by atoms with Gasteiger partial charge in [-0.1, -0.05) is 41.2 Å². The maximum absolute atomic E-state index is 8.75. The molecule has 1 heterocycles. The molecular weight excluding hydrogens is 230 g/mol. The summed E-state index contributed by atoms with van der Waals surface area (Å²) < 4.78 is 0. The van der Waals surface area contributed by atoms with Gasteiger partial charge in [-0.25, -0.2) is 4.98 Å². The van der Waals surface area contributed by atoms with Crippen molar-refractivity contribution in [3.05, 3.63) is 46.5 Å². The summed E-state index contributed by atoms with van der Waals surface area (Å²) in [6.45, 7) is 2.88. The molecule has 0 saturated carbocycles. The van der Waals surface area contributed by atoms with E-state index in [1.165, 1.54) is 22.5 Å². The molecule has 0 saturated heterocycles. The van der Waals surface area contributed by atoms with Crippen LogP contribution in [0.25, 0.3) is 0 Å². The number of aromatic nitrogens is 1. The average Bonchev–Trinajstić information content (AvgIpc) is 2.81. The molecule has 0 aliphatic heterocycles. The van der Waals surface area contributed by atoms with Crippen LogP contribution in [0.4, 0.5) is 5.13 Å². The minimum atomic E-state index is 0.649. The zero-order valence-corrected chi connectivity index (χ0v) is 10.7. The van der Waals surface area contributed by atoms with Crippen LogP contribution in [0.2, 0.25) is 0 Å². The SMILES string of the molecule is Cc1ccc(CN(C)c2ncc(C#N)s2)cc1. The highest BCUT2D eigenvalue weighted by atomic mass is 32.1. The highest BCUT2D eigenvalue weighted by molar-refractivity contribution is 7.16. The van der Waals surface area contributed by atoms with Gasteiger partial charge in [0.1, 0.15) is 10.9 Å². The molecule has 0 aliphatic rings. The van der Waals surface area contributed by atoms with Crippen molar-refractivity contribution >= 4 is 16.5 Å². The van der Waals surface area contributed by atoms with Crippen LogP contribution < -0.4 is 4.90 Å². The predicted octanol–water partition coefficient (Wildman–Crippen LogP) is 2.96. The summed E-state index contributed by atoms with van der Waals surface area (Å²) in [5.41, 5.74) is 2.50. The van der Waals surface area contributed by atoms with Crippen LogP contribution in [0.5, 0.6) is 0 Å². The van der Waals surface area contributed by atoms with Crippen LogP contribution in [0.1, 0.15) is 16.0 Å². The standard InChI is InChI=1S/C13H13N3S/c1-10-3-5-11(6-4-10)9-16(2)13-15-8-12(7-14)17-13/h3-6,8H,9H2,1-2H3. The largest absolute Gasteiger partial charge is 0.347 e. The lowest BCUT2D eigenvalue weighted by Crippen LogP contribution is -2.15. The van der Waals surface area contributed by atoms with Crippen LogP contribution >= 0.6 is 11.3 Å². The maximum atomic E-state index is 8.75. The third-order valence-electron chi connectivity index (χ3n) is 2.47. The second-order valence-electron chi connectivity index (χ2n) is 3.96. The fourth-order valence-electron chi connectivity index (χ4n) is 1.53. The van der Waals surface area contributed by atoms with E-state index in [4.69, 9.17) is 5.26 Å². The van der Waals surface area contributed by atoms with E-state index in [0.29, 0.717) is 4.88 Å². The highest BCUT2D eigenvalue weighted by Gasteiger charge is 2.07. The first-order chi connectivity index (χ1) is 8.19. The summed E-state index contributed by atoms with van der Waals surface area (Å²) in [5, 5.41) is 9.63. The third kappa shape index (κ3) is 2.83. The van der Waals surface area contributed by atoms with Crippen molar-refractivity contribution in [2.75, 3.05) is 11.9 Å². The summed E-state index contributed by atoms with van der Waals surface area (Å²) in [6.07, 6.45) is 1.62. The molecule has 86 valence electrons. The van der Waals surface area contributed by atoms with E-state index in [2.05, 4.69) is 47.1 Å². The molecule has 2 rings (SSSR count). The van der Waals surface area contributed by atoms with Crippen LogP contribution in [0.15, 0.2) is 30.5 Å². The molecule has 0 fully saturated rings. The Hall–Kier alpha value is -1.86. The Morgan fingerprint density at radius 2 is 2.06 bits per heavy atom. The lowest BCUT2D eigenvalue weighted by atomic mass is 10.1. The Bertz CT molecular complexity index is 537. The Labute approximate surface area is 105 Å². The molecule has 0 amide bonds. The van der Waals surface area contributed by atoms with Crippen molar-refractivity contribution in [2.24, 2.45) is 0 Å². The fourth-order valence-corrected chi connectivity index (χ4v) is 2.20. The van der Waals surface area contributed by atoms with Gasteiger partial charge in [-0.15, -0.1) is 0 Å². The number of nitrogens with zero attached hydrogens (tertiary/aromatic N) is 3. The van der Waals surface area contributed by atoms with Gasteiger partial charge in [0, 0.05) is 13.6 Å². The molecule has 2 aromatic rings. The minimum Gasteiger partial charge on any atom is -0.347 e. The van der Waals surface area contributed by atoms with E-state index in [1.807, 2.05) is 7.05 Å². The lowest BCUT2D eigenvalue weighted by molar-refractivity contribution is 0.914. The number of anilines is 1. The van der Waals surface area contributed by atoms with Crippen LogP contribution in [0, 0.1) is 18.3 Å². The molecule has 1 aromatic carbocycles. The topological polar surface area (TPSA) is 39.9 Å². The number of hydrogen-bond donors (Lipinski definition) is 0. The van der Waals surface area contributed by atoms with Crippen molar-refractivity contribution in [1.29, 1.82) is 5.26 Å². The van der Waals surface area contributed by atoms with Crippen molar-refractivity contribution in [3.63, 3.8) is 0 Å².